The average Bonchev–Trinajstić information content (AvgIpc) is 3.76. The molecule has 5 rings (SSSR count). The first-order valence-electron chi connectivity index (χ1n) is 15.7. The van der Waals surface area contributed by atoms with Crippen LogP contribution >= 0.6 is 0 Å². The first-order chi connectivity index (χ1) is 22.5. The van der Waals surface area contributed by atoms with Crippen LogP contribution in [0.15, 0.2) is 61.4 Å². The van der Waals surface area contributed by atoms with Gasteiger partial charge < -0.3 is 35.5 Å². The van der Waals surface area contributed by atoms with Crippen molar-refractivity contribution < 1.29 is 19.1 Å². The standard InChI is InChI=1S/C34H43N9O4/c1-21(35-5)31(44)41-29(34(2,3)4)33(46)43-14-7-8-27(43)32(45)40-26-16-24-25(17-28(26)47-6)37-19-38-30(24)39-23-11-9-22(10-12-23)18-42-15-13-36-20-42/h9-13,15-17,19-21,27,29,35H,7-8,14,18H2,1-6H3,(H,40,45)(H,41,44)(H,37,38,39)/t21-,27?,29+/m0/s1. The predicted molar refractivity (Wildman–Crippen MR) is 180 cm³/mol. The zero-order chi connectivity index (χ0) is 33.7. The minimum Gasteiger partial charge on any atom is -0.494 e. The zero-order valence-electron chi connectivity index (χ0n) is 27.7. The summed E-state index contributed by atoms with van der Waals surface area (Å²) in [5.74, 6) is 0.0897. The number of anilines is 3. The number of likely N-dealkylation sites (tertiary alicyclic amines) is 1. The SMILES string of the molecule is CN[C@@H](C)C(=O)N[C@H](C(=O)N1CCCC1C(=O)Nc1cc2c(Nc3ccc(Cn4ccnc4)cc3)ncnc2cc1OC)C(C)(C)C. The van der Waals surface area contributed by atoms with E-state index in [1.807, 2.05) is 55.8 Å². The number of rotatable bonds is 11. The van der Waals surface area contributed by atoms with Gasteiger partial charge in [0.1, 0.15) is 30.0 Å². The minimum absolute atomic E-state index is 0.279. The first-order valence-corrected chi connectivity index (χ1v) is 15.7. The van der Waals surface area contributed by atoms with Gasteiger partial charge >= 0.3 is 0 Å². The number of hydrogen-bond donors (Lipinski definition) is 4. The molecule has 47 heavy (non-hydrogen) atoms. The molecule has 13 heteroatoms. The molecule has 0 aliphatic carbocycles. The Morgan fingerprint density at radius 3 is 2.53 bits per heavy atom. The van der Waals surface area contributed by atoms with Gasteiger partial charge in [-0.1, -0.05) is 32.9 Å². The van der Waals surface area contributed by atoms with Crippen LogP contribution in [0.25, 0.3) is 10.9 Å². The van der Waals surface area contributed by atoms with Gasteiger partial charge in [0.15, 0.2) is 0 Å². The third-order valence-corrected chi connectivity index (χ3v) is 8.42. The molecule has 2 aromatic heterocycles. The van der Waals surface area contributed by atoms with Crippen LogP contribution in [-0.2, 0) is 20.9 Å². The smallest absolute Gasteiger partial charge is 0.247 e. The highest BCUT2D eigenvalue weighted by molar-refractivity contribution is 6.03. The van der Waals surface area contributed by atoms with E-state index in [0.717, 1.165) is 11.3 Å². The van der Waals surface area contributed by atoms with Gasteiger partial charge in [-0.15, -0.1) is 0 Å². The van der Waals surface area contributed by atoms with E-state index in [1.54, 1.807) is 43.5 Å². The van der Waals surface area contributed by atoms with Crippen molar-refractivity contribution >= 4 is 45.8 Å². The van der Waals surface area contributed by atoms with Crippen LogP contribution in [0.3, 0.4) is 0 Å². The minimum atomic E-state index is -0.805. The van der Waals surface area contributed by atoms with Crippen molar-refractivity contribution in [1.29, 1.82) is 0 Å². The molecule has 1 aliphatic heterocycles. The van der Waals surface area contributed by atoms with E-state index in [2.05, 4.69) is 36.2 Å². The topological polar surface area (TPSA) is 155 Å². The highest BCUT2D eigenvalue weighted by Crippen LogP contribution is 2.34. The largest absolute Gasteiger partial charge is 0.494 e. The van der Waals surface area contributed by atoms with Crippen LogP contribution in [-0.4, -0.2) is 81.0 Å². The van der Waals surface area contributed by atoms with Crippen LogP contribution < -0.4 is 26.0 Å². The number of methoxy groups -OCH3 is 1. The number of fused-ring (bicyclic) bond motifs is 1. The van der Waals surface area contributed by atoms with Crippen molar-refractivity contribution in [3.63, 3.8) is 0 Å². The van der Waals surface area contributed by atoms with Gasteiger partial charge in [-0.3, -0.25) is 14.4 Å². The van der Waals surface area contributed by atoms with Crippen LogP contribution in [0.1, 0.15) is 46.1 Å². The molecule has 248 valence electrons. The van der Waals surface area contributed by atoms with Crippen LogP contribution in [0.4, 0.5) is 17.2 Å². The monoisotopic (exact) mass is 641 g/mol. The van der Waals surface area contributed by atoms with Crippen molar-refractivity contribution in [3.8, 4) is 5.75 Å². The quantitative estimate of drug-likeness (QED) is 0.192. The maximum atomic E-state index is 13.9. The van der Waals surface area contributed by atoms with Crippen molar-refractivity contribution in [3.05, 3.63) is 67.0 Å². The number of nitrogens with one attached hydrogen (secondary N) is 4. The molecular formula is C34H43N9O4. The first kappa shape index (κ1) is 33.3. The zero-order valence-corrected chi connectivity index (χ0v) is 27.7. The molecule has 0 spiro atoms. The summed E-state index contributed by atoms with van der Waals surface area (Å²) in [7, 11) is 3.21. The normalized spacial score (nSPS) is 16.0. The summed E-state index contributed by atoms with van der Waals surface area (Å²) in [4.78, 5) is 55.0. The Hall–Kier alpha value is -5.04. The lowest BCUT2D eigenvalue weighted by atomic mass is 9.85. The maximum absolute atomic E-state index is 13.9. The number of ether oxygens (including phenoxy) is 1. The molecule has 3 heterocycles. The second-order valence-corrected chi connectivity index (χ2v) is 12.8. The average molecular weight is 642 g/mol. The number of aromatic nitrogens is 4. The highest BCUT2D eigenvalue weighted by atomic mass is 16.5. The Bertz CT molecular complexity index is 1720. The van der Waals surface area contributed by atoms with Crippen LogP contribution in [0.5, 0.6) is 5.75 Å². The molecule has 4 N–H and O–H groups in total. The maximum Gasteiger partial charge on any atom is 0.247 e. The van der Waals surface area contributed by atoms with Crippen molar-refractivity contribution in [1.82, 2.24) is 35.1 Å². The number of imidazole rings is 1. The molecular weight excluding hydrogens is 598 g/mol. The number of benzene rings is 2. The van der Waals surface area contributed by atoms with E-state index in [-0.39, 0.29) is 17.7 Å². The Morgan fingerprint density at radius 2 is 1.87 bits per heavy atom. The van der Waals surface area contributed by atoms with E-state index in [4.69, 9.17) is 4.74 Å². The number of hydrogen-bond acceptors (Lipinski definition) is 9. The highest BCUT2D eigenvalue weighted by Gasteiger charge is 2.42. The molecule has 13 nitrogen and oxygen atoms in total. The van der Waals surface area contributed by atoms with Gasteiger partial charge in [-0.05, 0) is 56.0 Å². The molecule has 0 radical (unpaired) electrons. The van der Waals surface area contributed by atoms with Gasteiger partial charge in [0.25, 0.3) is 0 Å². The summed E-state index contributed by atoms with van der Waals surface area (Å²) >= 11 is 0. The summed E-state index contributed by atoms with van der Waals surface area (Å²) < 4.78 is 7.63. The lowest BCUT2D eigenvalue weighted by Crippen LogP contribution is -2.59. The second-order valence-electron chi connectivity index (χ2n) is 12.8. The van der Waals surface area contributed by atoms with Gasteiger partial charge in [0.05, 0.1) is 30.7 Å². The van der Waals surface area contributed by atoms with E-state index < -0.39 is 23.5 Å². The van der Waals surface area contributed by atoms with E-state index in [1.165, 1.54) is 13.4 Å². The Kier molecular flexibility index (Phi) is 10.0. The molecule has 1 unspecified atom stereocenters. The molecule has 4 aromatic rings. The molecule has 3 atom stereocenters. The Balaban J connectivity index is 1.36. The number of likely N-dealkylation sites (N-methyl/N-ethyl adjacent to an activating group) is 1. The molecule has 0 bridgehead atoms. The van der Waals surface area contributed by atoms with Gasteiger partial charge in [0.2, 0.25) is 17.7 Å². The molecule has 1 aliphatic rings. The number of carbonyl (C=O) groups is 3. The van der Waals surface area contributed by atoms with Crippen molar-refractivity contribution in [2.24, 2.45) is 5.41 Å². The molecule has 1 saturated heterocycles. The summed E-state index contributed by atoms with van der Waals surface area (Å²) in [6.07, 6.45) is 8.08. The number of carbonyl (C=O) groups excluding carboxylic acids is 3. The second kappa shape index (κ2) is 14.2. The third kappa shape index (κ3) is 7.68. The van der Waals surface area contributed by atoms with E-state index >= 15 is 0 Å². The summed E-state index contributed by atoms with van der Waals surface area (Å²) in [6, 6.07) is 9.56. The van der Waals surface area contributed by atoms with E-state index in [0.29, 0.717) is 54.1 Å². The fraction of sp³-hybridized carbons (Fsp3) is 0.412. The lowest BCUT2D eigenvalue weighted by molar-refractivity contribution is -0.143. The Labute approximate surface area is 274 Å². The van der Waals surface area contributed by atoms with Crippen LogP contribution in [0.2, 0.25) is 0 Å². The number of amides is 3. The molecule has 2 aromatic carbocycles. The lowest BCUT2D eigenvalue weighted by Gasteiger charge is -2.36. The predicted octanol–water partition coefficient (Wildman–Crippen LogP) is 3.70. The Morgan fingerprint density at radius 1 is 1.11 bits per heavy atom. The third-order valence-electron chi connectivity index (χ3n) is 8.42. The van der Waals surface area contributed by atoms with Crippen LogP contribution in [0, 0.1) is 5.41 Å². The number of nitrogens with zero attached hydrogens (tertiary/aromatic N) is 5. The molecule has 1 fully saturated rings. The molecule has 0 saturated carbocycles. The van der Waals surface area contributed by atoms with E-state index in [9.17, 15) is 14.4 Å². The molecule has 3 amide bonds. The van der Waals surface area contributed by atoms with Crippen molar-refractivity contribution in [2.45, 2.75) is 65.2 Å². The van der Waals surface area contributed by atoms with Gasteiger partial charge in [-0.2, -0.15) is 0 Å². The van der Waals surface area contributed by atoms with Gasteiger partial charge in [0, 0.05) is 42.6 Å². The summed E-state index contributed by atoms with van der Waals surface area (Å²) in [5, 5.41) is 12.9. The van der Waals surface area contributed by atoms with Gasteiger partial charge in [-0.25, -0.2) is 15.0 Å². The summed E-state index contributed by atoms with van der Waals surface area (Å²) in [6.45, 7) is 8.55. The fourth-order valence-electron chi connectivity index (χ4n) is 5.60. The van der Waals surface area contributed by atoms with Crippen molar-refractivity contribution in [2.75, 3.05) is 31.3 Å². The summed E-state index contributed by atoms with van der Waals surface area (Å²) in [5.41, 5.74) is 2.45. The fourth-order valence-corrected chi connectivity index (χ4v) is 5.60.